The minimum atomic E-state index is -0.508. The number of hydrogen-bond donors (Lipinski definition) is 0. The van der Waals surface area contributed by atoms with E-state index < -0.39 is 6.03 Å². The minimum Gasteiger partial charge on any atom is -0.244 e. The van der Waals surface area contributed by atoms with Crippen LogP contribution in [0.5, 0.6) is 0 Å². The molecule has 0 saturated carbocycles. The van der Waals surface area contributed by atoms with Crippen molar-refractivity contribution in [1.29, 1.82) is 0 Å². The predicted octanol–water partition coefficient (Wildman–Crippen LogP) is 5.12. The molecule has 0 radical (unpaired) electrons. The zero-order valence-electron chi connectivity index (χ0n) is 13.7. The summed E-state index contributed by atoms with van der Waals surface area (Å²) in [5.74, 6) is -0.0407. The van der Waals surface area contributed by atoms with Gasteiger partial charge < -0.3 is 0 Å². The summed E-state index contributed by atoms with van der Waals surface area (Å²) >= 11 is 0. The average Bonchev–Trinajstić information content (AvgIpc) is 2.67. The van der Waals surface area contributed by atoms with Crippen molar-refractivity contribution in [3.63, 3.8) is 0 Å². The van der Waals surface area contributed by atoms with Gasteiger partial charge in [0.1, 0.15) is 0 Å². The second kappa shape index (κ2) is 8.50. The number of urea groups is 1. The molecule has 0 aliphatic heterocycles. The molecular formula is C22H18N2O. The van der Waals surface area contributed by atoms with E-state index in [9.17, 15) is 4.79 Å². The largest absolute Gasteiger partial charge is 0.366 e. The summed E-state index contributed by atoms with van der Waals surface area (Å²) in [6.07, 6.45) is 13.2. The van der Waals surface area contributed by atoms with E-state index in [1.165, 1.54) is 6.21 Å². The molecule has 0 saturated heterocycles. The molecule has 0 N–H and O–H groups in total. The first-order valence-corrected chi connectivity index (χ1v) is 8.10. The first-order valence-electron chi connectivity index (χ1n) is 8.10. The third-order valence-corrected chi connectivity index (χ3v) is 3.71. The smallest absolute Gasteiger partial charge is 0.244 e. The van der Waals surface area contributed by atoms with Gasteiger partial charge in [-0.15, -0.1) is 0 Å². The van der Waals surface area contributed by atoms with Gasteiger partial charge in [0.15, 0.2) is 0 Å². The first kappa shape index (κ1) is 16.5. The Balaban J connectivity index is 1.69. The summed E-state index contributed by atoms with van der Waals surface area (Å²) in [5.41, 5.74) is 3.07. The van der Waals surface area contributed by atoms with E-state index in [-0.39, 0.29) is 5.92 Å². The highest BCUT2D eigenvalue weighted by molar-refractivity contribution is 5.95. The highest BCUT2D eigenvalue weighted by Gasteiger charge is 2.09. The van der Waals surface area contributed by atoms with E-state index in [0.29, 0.717) is 0 Å². The van der Waals surface area contributed by atoms with Crippen LogP contribution in [0.3, 0.4) is 0 Å². The lowest BCUT2D eigenvalue weighted by Gasteiger charge is -2.12. The predicted molar refractivity (Wildman–Crippen MR) is 104 cm³/mol. The molecule has 1 aliphatic carbocycles. The van der Waals surface area contributed by atoms with Crippen molar-refractivity contribution >= 4 is 24.5 Å². The Morgan fingerprint density at radius 2 is 1.52 bits per heavy atom. The van der Waals surface area contributed by atoms with E-state index in [1.807, 2.05) is 85.0 Å². The highest BCUT2D eigenvalue weighted by Crippen LogP contribution is 2.20. The van der Waals surface area contributed by atoms with Crippen LogP contribution in [-0.4, -0.2) is 18.5 Å². The summed E-state index contributed by atoms with van der Waals surface area (Å²) in [7, 11) is 0. The molecule has 2 aromatic rings. The minimum absolute atomic E-state index is 0.0407. The van der Waals surface area contributed by atoms with E-state index >= 15 is 0 Å². The molecule has 122 valence electrons. The zero-order valence-corrected chi connectivity index (χ0v) is 13.7. The fraction of sp³-hybridized carbons (Fsp3) is 0.0455. The van der Waals surface area contributed by atoms with Crippen LogP contribution in [0.1, 0.15) is 11.1 Å². The first-order chi connectivity index (χ1) is 12.3. The van der Waals surface area contributed by atoms with Gasteiger partial charge >= 0.3 is 6.03 Å². The van der Waals surface area contributed by atoms with Crippen molar-refractivity contribution in [1.82, 2.24) is 0 Å². The lowest BCUT2D eigenvalue weighted by molar-refractivity contribution is 0.257. The number of carbonyl (C=O) groups excluding carboxylic acids is 1. The molecule has 1 atom stereocenters. The summed E-state index contributed by atoms with van der Waals surface area (Å²) < 4.78 is 0. The molecule has 0 aromatic heterocycles. The van der Waals surface area contributed by atoms with Crippen LogP contribution in [0, 0.1) is 5.92 Å². The number of rotatable bonds is 3. The zero-order chi connectivity index (χ0) is 17.3. The monoisotopic (exact) mass is 326 g/mol. The standard InChI is InChI=1S/C22H18N2O/c25-22(23-16-19-11-5-2-6-12-19)24-17-21-14-8-7-13-20(21)15-18-9-3-1-4-10-18/h1-17,21H. The number of benzene rings is 2. The molecule has 1 aliphatic rings. The average molecular weight is 326 g/mol. The van der Waals surface area contributed by atoms with Crippen LogP contribution in [0.4, 0.5) is 4.79 Å². The van der Waals surface area contributed by atoms with Gasteiger partial charge in [0, 0.05) is 18.3 Å². The maximum absolute atomic E-state index is 11.9. The Labute approximate surface area is 147 Å². The lowest BCUT2D eigenvalue weighted by atomic mass is 9.94. The van der Waals surface area contributed by atoms with Crippen molar-refractivity contribution < 1.29 is 4.79 Å². The topological polar surface area (TPSA) is 41.8 Å². The number of nitrogens with zero attached hydrogens (tertiary/aromatic N) is 2. The third-order valence-electron chi connectivity index (χ3n) is 3.71. The summed E-state index contributed by atoms with van der Waals surface area (Å²) in [4.78, 5) is 19.7. The number of carbonyl (C=O) groups is 1. The molecule has 3 nitrogen and oxygen atoms in total. The molecule has 1 unspecified atom stereocenters. The molecule has 0 heterocycles. The van der Waals surface area contributed by atoms with Crippen LogP contribution in [0.25, 0.3) is 6.08 Å². The van der Waals surface area contributed by atoms with Crippen LogP contribution in [0.2, 0.25) is 0 Å². The van der Waals surface area contributed by atoms with E-state index in [0.717, 1.165) is 16.7 Å². The normalized spacial score (nSPS) is 18.4. The Morgan fingerprint density at radius 3 is 2.24 bits per heavy atom. The summed E-state index contributed by atoms with van der Waals surface area (Å²) in [5, 5.41) is 0. The Morgan fingerprint density at radius 1 is 0.840 bits per heavy atom. The van der Waals surface area contributed by atoms with Gasteiger partial charge in [-0.3, -0.25) is 0 Å². The van der Waals surface area contributed by atoms with Crippen molar-refractivity contribution in [2.45, 2.75) is 0 Å². The van der Waals surface area contributed by atoms with Crippen molar-refractivity contribution in [3.05, 3.63) is 102 Å². The number of allylic oxidation sites excluding steroid dienone is 5. The summed E-state index contributed by atoms with van der Waals surface area (Å²) in [6, 6.07) is 19.0. The Bertz CT molecular complexity index is 859. The number of amides is 2. The fourth-order valence-electron chi connectivity index (χ4n) is 2.44. The van der Waals surface area contributed by atoms with Crippen LogP contribution in [0.15, 0.2) is 101 Å². The van der Waals surface area contributed by atoms with Gasteiger partial charge in [-0.25, -0.2) is 9.79 Å². The van der Waals surface area contributed by atoms with Gasteiger partial charge in [-0.05, 0) is 16.7 Å². The van der Waals surface area contributed by atoms with Gasteiger partial charge in [0.2, 0.25) is 0 Å². The molecule has 3 heteroatoms. The second-order valence-electron chi connectivity index (χ2n) is 5.55. The molecule has 25 heavy (non-hydrogen) atoms. The molecule has 0 fully saturated rings. The highest BCUT2D eigenvalue weighted by atomic mass is 16.2. The van der Waals surface area contributed by atoms with E-state index in [4.69, 9.17) is 0 Å². The fourth-order valence-corrected chi connectivity index (χ4v) is 2.44. The quantitative estimate of drug-likeness (QED) is 0.722. The maximum atomic E-state index is 11.9. The van der Waals surface area contributed by atoms with Crippen molar-refractivity contribution in [2.24, 2.45) is 15.9 Å². The third kappa shape index (κ3) is 5.08. The second-order valence-corrected chi connectivity index (χ2v) is 5.55. The summed E-state index contributed by atoms with van der Waals surface area (Å²) in [6.45, 7) is 0. The SMILES string of the molecule is O=C(N=Cc1ccccc1)N=CC1C=CC=CC1=Cc1ccccc1. The van der Waals surface area contributed by atoms with Crippen molar-refractivity contribution in [3.8, 4) is 0 Å². The Hall–Kier alpha value is -3.33. The number of hydrogen-bond acceptors (Lipinski definition) is 1. The van der Waals surface area contributed by atoms with E-state index in [1.54, 1.807) is 6.21 Å². The van der Waals surface area contributed by atoms with Crippen LogP contribution < -0.4 is 0 Å². The van der Waals surface area contributed by atoms with Gasteiger partial charge in [0.25, 0.3) is 0 Å². The molecule has 0 spiro atoms. The molecule has 2 amide bonds. The van der Waals surface area contributed by atoms with Gasteiger partial charge in [-0.2, -0.15) is 4.99 Å². The Kier molecular flexibility index (Phi) is 5.62. The molecule has 0 bridgehead atoms. The molecular weight excluding hydrogens is 308 g/mol. The molecule has 3 rings (SSSR count). The van der Waals surface area contributed by atoms with Gasteiger partial charge in [-0.1, -0.05) is 91.0 Å². The maximum Gasteiger partial charge on any atom is 0.366 e. The molecule has 2 aromatic carbocycles. The van der Waals surface area contributed by atoms with E-state index in [2.05, 4.69) is 16.1 Å². The van der Waals surface area contributed by atoms with Crippen molar-refractivity contribution in [2.75, 3.05) is 0 Å². The van der Waals surface area contributed by atoms with Crippen LogP contribution in [-0.2, 0) is 0 Å². The van der Waals surface area contributed by atoms with Crippen LogP contribution >= 0.6 is 0 Å². The number of aliphatic imine (C=N–C) groups is 2. The van der Waals surface area contributed by atoms with Gasteiger partial charge in [0.05, 0.1) is 0 Å². The lowest BCUT2D eigenvalue weighted by Crippen LogP contribution is -2.04.